The van der Waals surface area contributed by atoms with Crippen molar-refractivity contribution in [3.05, 3.63) is 58.9 Å². The molecule has 0 spiro atoms. The van der Waals surface area contributed by atoms with Crippen LogP contribution >= 0.6 is 0 Å². The van der Waals surface area contributed by atoms with Crippen molar-refractivity contribution < 1.29 is 27.4 Å². The molecule has 2 aromatic rings. The monoisotopic (exact) mass is 351 g/mol. The minimum atomic E-state index is -1.49. The van der Waals surface area contributed by atoms with Gasteiger partial charge in [-0.05, 0) is 30.2 Å². The summed E-state index contributed by atoms with van der Waals surface area (Å²) in [5.74, 6) is -3.52. The largest absolute Gasteiger partial charge is 0.497 e. The lowest BCUT2D eigenvalue weighted by Crippen LogP contribution is -2.35. The number of ether oxygens (including phenoxy) is 2. The van der Waals surface area contributed by atoms with Crippen LogP contribution in [0.4, 0.5) is 13.2 Å². The highest BCUT2D eigenvalue weighted by Gasteiger charge is 2.24. The molecule has 0 aromatic heterocycles. The van der Waals surface area contributed by atoms with Crippen LogP contribution in [-0.4, -0.2) is 26.2 Å². The maximum atomic E-state index is 13.6. The first-order valence-corrected chi connectivity index (χ1v) is 7.71. The number of benzene rings is 2. The molecule has 0 radical (unpaired) electrons. The van der Waals surface area contributed by atoms with Crippen molar-refractivity contribution >= 4 is 5.91 Å². The van der Waals surface area contributed by atoms with E-state index in [1.54, 1.807) is 19.2 Å². The van der Waals surface area contributed by atoms with E-state index in [1.165, 1.54) is 0 Å². The van der Waals surface area contributed by atoms with Gasteiger partial charge in [-0.1, -0.05) is 6.07 Å². The molecule has 1 amide bonds. The van der Waals surface area contributed by atoms with Crippen LogP contribution in [0.25, 0.3) is 0 Å². The van der Waals surface area contributed by atoms with E-state index in [-0.39, 0.29) is 12.5 Å². The molecular weight excluding hydrogens is 335 g/mol. The van der Waals surface area contributed by atoms with Crippen LogP contribution in [0.3, 0.4) is 0 Å². The molecule has 1 N–H and O–H groups in total. The molecule has 0 saturated carbocycles. The first kappa shape index (κ1) is 17.1. The van der Waals surface area contributed by atoms with Gasteiger partial charge in [-0.15, -0.1) is 0 Å². The summed E-state index contributed by atoms with van der Waals surface area (Å²) in [5, 5.41) is 2.44. The third-order valence-electron chi connectivity index (χ3n) is 4.08. The lowest BCUT2D eigenvalue weighted by Gasteiger charge is -2.25. The Balaban J connectivity index is 1.65. The van der Waals surface area contributed by atoms with Crippen LogP contribution in [-0.2, 0) is 6.42 Å². The van der Waals surface area contributed by atoms with E-state index >= 15 is 0 Å². The van der Waals surface area contributed by atoms with Crippen molar-refractivity contribution in [2.75, 3.05) is 20.3 Å². The number of hydrogen-bond acceptors (Lipinski definition) is 3. The first-order valence-electron chi connectivity index (χ1n) is 7.71. The van der Waals surface area contributed by atoms with Crippen molar-refractivity contribution in [2.45, 2.75) is 6.42 Å². The minimum Gasteiger partial charge on any atom is -0.497 e. The highest BCUT2D eigenvalue weighted by Crippen LogP contribution is 2.30. The second-order valence-electron chi connectivity index (χ2n) is 5.78. The van der Waals surface area contributed by atoms with Crippen LogP contribution in [0.15, 0.2) is 30.3 Å². The van der Waals surface area contributed by atoms with Crippen molar-refractivity contribution in [1.82, 2.24) is 5.32 Å². The number of nitrogens with one attached hydrogen (secondary N) is 1. The molecule has 2 aromatic carbocycles. The summed E-state index contributed by atoms with van der Waals surface area (Å²) >= 11 is 0. The van der Waals surface area contributed by atoms with Crippen molar-refractivity contribution in [3.8, 4) is 11.5 Å². The fourth-order valence-electron chi connectivity index (χ4n) is 2.73. The maximum Gasteiger partial charge on any atom is 0.257 e. The topological polar surface area (TPSA) is 47.6 Å². The molecule has 132 valence electrons. The Morgan fingerprint density at radius 2 is 2.00 bits per heavy atom. The Labute approximate surface area is 142 Å². The Kier molecular flexibility index (Phi) is 4.83. The summed E-state index contributed by atoms with van der Waals surface area (Å²) < 4.78 is 51.2. The van der Waals surface area contributed by atoms with Crippen LogP contribution in [0.1, 0.15) is 15.9 Å². The molecular formula is C18H16F3NO3. The summed E-state index contributed by atoms with van der Waals surface area (Å²) in [4.78, 5) is 12.0. The van der Waals surface area contributed by atoms with Crippen molar-refractivity contribution in [3.63, 3.8) is 0 Å². The van der Waals surface area contributed by atoms with Gasteiger partial charge >= 0.3 is 0 Å². The van der Waals surface area contributed by atoms with Gasteiger partial charge in [0.25, 0.3) is 5.91 Å². The summed E-state index contributed by atoms with van der Waals surface area (Å²) in [6, 6.07) is 6.82. The van der Waals surface area contributed by atoms with Gasteiger partial charge in [-0.25, -0.2) is 13.2 Å². The summed E-state index contributed by atoms with van der Waals surface area (Å²) in [6.07, 6.45) is 0.633. The Bertz CT molecular complexity index is 810. The highest BCUT2D eigenvalue weighted by molar-refractivity contribution is 5.94. The molecule has 0 saturated heterocycles. The number of fused-ring (bicyclic) bond motifs is 1. The summed E-state index contributed by atoms with van der Waals surface area (Å²) in [5.41, 5.74) is 0.0382. The van der Waals surface area contributed by atoms with Gasteiger partial charge in [0.05, 0.1) is 13.7 Å². The number of rotatable bonds is 4. The van der Waals surface area contributed by atoms with Crippen molar-refractivity contribution in [2.24, 2.45) is 5.92 Å². The predicted octanol–water partition coefficient (Wildman–Crippen LogP) is 3.09. The van der Waals surface area contributed by atoms with Crippen LogP contribution < -0.4 is 14.8 Å². The van der Waals surface area contributed by atoms with E-state index in [4.69, 9.17) is 9.47 Å². The average molecular weight is 351 g/mol. The molecule has 3 rings (SSSR count). The minimum absolute atomic E-state index is 0.0653. The maximum absolute atomic E-state index is 13.6. The molecule has 0 aliphatic carbocycles. The molecule has 25 heavy (non-hydrogen) atoms. The highest BCUT2D eigenvalue weighted by atomic mass is 19.2. The van der Waals surface area contributed by atoms with Crippen LogP contribution in [0.2, 0.25) is 0 Å². The van der Waals surface area contributed by atoms with E-state index in [0.717, 1.165) is 11.6 Å². The fraction of sp³-hybridized carbons (Fsp3) is 0.278. The number of carbonyl (C=O) groups is 1. The molecule has 1 heterocycles. The SMILES string of the molecule is COc1ccc2c(c1)OC[C@H](CNC(=O)c1c(F)ccc(F)c1F)C2. The zero-order valence-corrected chi connectivity index (χ0v) is 13.4. The lowest BCUT2D eigenvalue weighted by atomic mass is 9.96. The smallest absolute Gasteiger partial charge is 0.257 e. The Morgan fingerprint density at radius 3 is 2.76 bits per heavy atom. The molecule has 0 fully saturated rings. The number of amides is 1. The van der Waals surface area contributed by atoms with E-state index in [9.17, 15) is 18.0 Å². The zero-order chi connectivity index (χ0) is 18.0. The normalized spacial score (nSPS) is 15.9. The van der Waals surface area contributed by atoms with Gasteiger partial charge < -0.3 is 14.8 Å². The zero-order valence-electron chi connectivity index (χ0n) is 13.4. The van der Waals surface area contributed by atoms with Crippen LogP contribution in [0, 0.1) is 23.4 Å². The predicted molar refractivity (Wildman–Crippen MR) is 84.3 cm³/mol. The number of carbonyl (C=O) groups excluding carboxylic acids is 1. The van der Waals surface area contributed by atoms with E-state index in [1.807, 2.05) is 6.07 Å². The first-order chi connectivity index (χ1) is 12.0. The quantitative estimate of drug-likeness (QED) is 0.861. The molecule has 1 aliphatic heterocycles. The third-order valence-corrected chi connectivity index (χ3v) is 4.08. The van der Waals surface area contributed by atoms with E-state index in [2.05, 4.69) is 5.32 Å². The van der Waals surface area contributed by atoms with Gasteiger partial charge in [0.15, 0.2) is 11.6 Å². The number of halogens is 3. The molecule has 4 nitrogen and oxygen atoms in total. The summed E-state index contributed by atoms with van der Waals surface area (Å²) in [6.45, 7) is 0.494. The lowest BCUT2D eigenvalue weighted by molar-refractivity contribution is 0.0929. The number of hydrogen-bond donors (Lipinski definition) is 1. The van der Waals surface area contributed by atoms with Gasteiger partial charge in [0, 0.05) is 18.5 Å². The fourth-order valence-corrected chi connectivity index (χ4v) is 2.73. The summed E-state index contributed by atoms with van der Waals surface area (Å²) in [7, 11) is 1.56. The second kappa shape index (κ2) is 7.04. The molecule has 1 atom stereocenters. The second-order valence-corrected chi connectivity index (χ2v) is 5.78. The molecule has 0 bridgehead atoms. The molecule has 0 unspecified atom stereocenters. The van der Waals surface area contributed by atoms with Crippen LogP contribution in [0.5, 0.6) is 11.5 Å². The third kappa shape index (κ3) is 3.55. The van der Waals surface area contributed by atoms with Gasteiger partial charge in [0.1, 0.15) is 22.9 Å². The van der Waals surface area contributed by atoms with E-state index in [0.29, 0.717) is 30.6 Å². The number of methoxy groups -OCH3 is 1. The van der Waals surface area contributed by atoms with Crippen molar-refractivity contribution in [1.29, 1.82) is 0 Å². The standard InChI is InChI=1S/C18H16F3NO3/c1-24-12-3-2-11-6-10(9-25-15(11)7-12)8-22-18(23)16-13(19)4-5-14(20)17(16)21/h2-5,7,10H,6,8-9H2,1H3,(H,22,23)/t10-/m0/s1. The Hall–Kier alpha value is -2.70. The van der Waals surface area contributed by atoms with Gasteiger partial charge in [-0.2, -0.15) is 0 Å². The molecule has 7 heteroatoms. The van der Waals surface area contributed by atoms with E-state index < -0.39 is 28.9 Å². The van der Waals surface area contributed by atoms with Gasteiger partial charge in [-0.3, -0.25) is 4.79 Å². The average Bonchev–Trinajstić information content (AvgIpc) is 2.62. The van der Waals surface area contributed by atoms with Gasteiger partial charge in [0.2, 0.25) is 0 Å². The molecule has 1 aliphatic rings. The Morgan fingerprint density at radius 1 is 1.24 bits per heavy atom.